The molecule has 0 unspecified atom stereocenters. The lowest BCUT2D eigenvalue weighted by Crippen LogP contribution is -2.37. The molecule has 1 fully saturated rings. The number of carbonyl (C=O) groups is 2. The largest absolute Gasteiger partial charge is 0.497 e. The molecule has 4 rings (SSSR count). The van der Waals surface area contributed by atoms with E-state index in [1.54, 1.807) is 14.0 Å². The van der Waals surface area contributed by atoms with Gasteiger partial charge >= 0.3 is 0 Å². The van der Waals surface area contributed by atoms with Crippen molar-refractivity contribution >= 4 is 23.2 Å². The molecule has 2 aliphatic heterocycles. The number of hydrogen-bond donors (Lipinski definition) is 0. The molecule has 0 spiro atoms. The van der Waals surface area contributed by atoms with E-state index in [-0.39, 0.29) is 11.8 Å². The molecule has 0 saturated carbocycles. The van der Waals surface area contributed by atoms with Crippen molar-refractivity contribution in [2.75, 3.05) is 69.9 Å². The van der Waals surface area contributed by atoms with Gasteiger partial charge in [0.25, 0.3) is 0 Å². The Hall–Kier alpha value is -3.10. The number of morpholine rings is 1. The summed E-state index contributed by atoms with van der Waals surface area (Å²) >= 11 is 0. The number of nitrogens with zero attached hydrogens (tertiary/aromatic N) is 4. The van der Waals surface area contributed by atoms with Gasteiger partial charge < -0.3 is 24.2 Å². The Bertz CT molecular complexity index is 1120. The van der Waals surface area contributed by atoms with E-state index in [9.17, 15) is 9.59 Å². The monoisotopic (exact) mass is 550 g/mol. The maximum absolute atomic E-state index is 13.6. The van der Waals surface area contributed by atoms with Gasteiger partial charge in [0.2, 0.25) is 11.8 Å². The molecule has 0 atom stereocenters. The van der Waals surface area contributed by atoms with Crippen LogP contribution in [0.3, 0.4) is 0 Å². The first-order valence-corrected chi connectivity index (χ1v) is 14.8. The van der Waals surface area contributed by atoms with Gasteiger partial charge in [0.1, 0.15) is 5.75 Å². The zero-order chi connectivity index (χ0) is 28.3. The Balaban J connectivity index is 1.53. The number of rotatable bonds is 7. The van der Waals surface area contributed by atoms with Gasteiger partial charge in [0.15, 0.2) is 0 Å². The smallest absolute Gasteiger partial charge is 0.224 e. The molecule has 0 aromatic heterocycles. The van der Waals surface area contributed by atoms with Crippen LogP contribution in [0.25, 0.3) is 0 Å². The Labute approximate surface area is 239 Å². The van der Waals surface area contributed by atoms with Gasteiger partial charge in [0, 0.05) is 83.6 Å². The van der Waals surface area contributed by atoms with Crippen molar-refractivity contribution < 1.29 is 19.1 Å². The van der Waals surface area contributed by atoms with Crippen LogP contribution in [0.4, 0.5) is 11.4 Å². The molecule has 2 heterocycles. The summed E-state index contributed by atoms with van der Waals surface area (Å²) < 4.78 is 10.9. The molecule has 0 radical (unpaired) electrons. The fraction of sp³-hybridized carbons (Fsp3) is 0.562. The third-order valence-electron chi connectivity index (χ3n) is 8.01. The predicted molar refractivity (Wildman–Crippen MR) is 160 cm³/mol. The van der Waals surface area contributed by atoms with Crippen molar-refractivity contribution in [3.8, 4) is 5.75 Å². The van der Waals surface area contributed by atoms with Crippen LogP contribution in [0.2, 0.25) is 0 Å². The first-order chi connectivity index (χ1) is 19.4. The fourth-order valence-corrected chi connectivity index (χ4v) is 5.56. The molecule has 0 N–H and O–H groups in total. The average molecular weight is 551 g/mol. The second-order valence-electron chi connectivity index (χ2n) is 11.0. The first-order valence-electron chi connectivity index (χ1n) is 14.8. The number of ether oxygens (including phenoxy) is 2. The van der Waals surface area contributed by atoms with Gasteiger partial charge in [-0.15, -0.1) is 0 Å². The number of benzene rings is 2. The summed E-state index contributed by atoms with van der Waals surface area (Å²) in [5.41, 5.74) is 4.20. The molecule has 2 aromatic rings. The number of methoxy groups -OCH3 is 1. The number of carbonyl (C=O) groups excluding carboxylic acids is 2. The van der Waals surface area contributed by atoms with Gasteiger partial charge in [-0.25, -0.2) is 0 Å². The highest BCUT2D eigenvalue weighted by atomic mass is 16.5. The lowest BCUT2D eigenvalue weighted by molar-refractivity contribution is -0.131. The van der Waals surface area contributed by atoms with E-state index in [4.69, 9.17) is 9.47 Å². The standard InChI is InChI=1S/C32H46N4O4/c1-26(37)36-16-8-6-4-5-7-15-35(32(38)14-17-33(2)29-10-9-11-30(23-29)39-3)25-28-13-12-27(22-31(28)36)24-34-18-20-40-21-19-34/h9-13,22-23H,4-8,14-21,24-25H2,1-3H3. The molecular formula is C32H46N4O4. The summed E-state index contributed by atoms with van der Waals surface area (Å²) in [6.07, 6.45) is 5.72. The summed E-state index contributed by atoms with van der Waals surface area (Å²) in [5, 5.41) is 0. The summed E-state index contributed by atoms with van der Waals surface area (Å²) in [7, 11) is 3.67. The maximum atomic E-state index is 13.6. The Morgan fingerprint density at radius 2 is 1.70 bits per heavy atom. The van der Waals surface area contributed by atoms with Crippen molar-refractivity contribution in [2.45, 2.75) is 58.5 Å². The van der Waals surface area contributed by atoms with Gasteiger partial charge in [-0.3, -0.25) is 14.5 Å². The van der Waals surface area contributed by atoms with Crippen LogP contribution in [0.15, 0.2) is 42.5 Å². The van der Waals surface area contributed by atoms with E-state index >= 15 is 0 Å². The summed E-state index contributed by atoms with van der Waals surface area (Å²) in [6, 6.07) is 14.4. The van der Waals surface area contributed by atoms with Crippen molar-refractivity contribution in [3.05, 3.63) is 53.6 Å². The average Bonchev–Trinajstić information content (AvgIpc) is 2.96. The second kappa shape index (κ2) is 15.1. The van der Waals surface area contributed by atoms with Crippen LogP contribution in [0.1, 0.15) is 56.6 Å². The number of anilines is 2. The van der Waals surface area contributed by atoms with Crippen LogP contribution in [-0.2, 0) is 27.4 Å². The molecule has 0 aliphatic carbocycles. The maximum Gasteiger partial charge on any atom is 0.224 e. The SMILES string of the molecule is COc1cccc(N(C)CCC(=O)N2CCCCCCCN(C(C)=O)c3cc(CN4CCOCC4)ccc3C2)c1. The van der Waals surface area contributed by atoms with E-state index in [0.717, 1.165) is 94.2 Å². The van der Waals surface area contributed by atoms with Crippen molar-refractivity contribution in [1.82, 2.24) is 9.80 Å². The van der Waals surface area contributed by atoms with Crippen molar-refractivity contribution in [2.24, 2.45) is 0 Å². The molecule has 8 heteroatoms. The summed E-state index contributed by atoms with van der Waals surface area (Å²) in [5.74, 6) is 1.00. The minimum Gasteiger partial charge on any atom is -0.497 e. The zero-order valence-corrected chi connectivity index (χ0v) is 24.6. The van der Waals surface area contributed by atoms with Gasteiger partial charge in [-0.2, -0.15) is 0 Å². The fourth-order valence-electron chi connectivity index (χ4n) is 5.56. The number of amides is 2. The topological polar surface area (TPSA) is 65.6 Å². The minimum absolute atomic E-state index is 0.0552. The van der Waals surface area contributed by atoms with Gasteiger partial charge in [-0.1, -0.05) is 37.5 Å². The minimum atomic E-state index is 0.0552. The zero-order valence-electron chi connectivity index (χ0n) is 24.6. The number of hydrogen-bond acceptors (Lipinski definition) is 6. The normalized spacial score (nSPS) is 17.4. The highest BCUT2D eigenvalue weighted by Crippen LogP contribution is 2.27. The molecule has 1 saturated heterocycles. The molecule has 2 aromatic carbocycles. The quantitative estimate of drug-likeness (QED) is 0.498. The molecular weight excluding hydrogens is 504 g/mol. The third kappa shape index (κ3) is 8.45. The Morgan fingerprint density at radius 1 is 0.950 bits per heavy atom. The molecule has 218 valence electrons. The van der Waals surface area contributed by atoms with E-state index in [0.29, 0.717) is 26.1 Å². The van der Waals surface area contributed by atoms with E-state index < -0.39 is 0 Å². The lowest BCUT2D eigenvalue weighted by atomic mass is 10.0. The van der Waals surface area contributed by atoms with Gasteiger partial charge in [-0.05, 0) is 42.2 Å². The molecule has 0 bridgehead atoms. The molecule has 8 nitrogen and oxygen atoms in total. The second-order valence-corrected chi connectivity index (χ2v) is 11.0. The Kier molecular flexibility index (Phi) is 11.2. The number of fused-ring (bicyclic) bond motifs is 1. The Morgan fingerprint density at radius 3 is 2.45 bits per heavy atom. The third-order valence-corrected chi connectivity index (χ3v) is 8.01. The molecule has 2 aliphatic rings. The van der Waals surface area contributed by atoms with E-state index in [1.165, 1.54) is 5.56 Å². The highest BCUT2D eigenvalue weighted by molar-refractivity contribution is 5.92. The van der Waals surface area contributed by atoms with Crippen LogP contribution in [0.5, 0.6) is 5.75 Å². The summed E-state index contributed by atoms with van der Waals surface area (Å²) in [6.45, 7) is 8.41. The highest BCUT2D eigenvalue weighted by Gasteiger charge is 2.22. The molecule has 2 amide bonds. The predicted octanol–water partition coefficient (Wildman–Crippen LogP) is 4.70. The van der Waals surface area contributed by atoms with Crippen LogP contribution >= 0.6 is 0 Å². The lowest BCUT2D eigenvalue weighted by Gasteiger charge is -2.31. The van der Waals surface area contributed by atoms with Crippen molar-refractivity contribution in [1.29, 1.82) is 0 Å². The van der Waals surface area contributed by atoms with Crippen LogP contribution in [0, 0.1) is 0 Å². The van der Waals surface area contributed by atoms with Gasteiger partial charge in [0.05, 0.1) is 20.3 Å². The van der Waals surface area contributed by atoms with Crippen LogP contribution in [-0.4, -0.2) is 81.7 Å². The van der Waals surface area contributed by atoms with Crippen LogP contribution < -0.4 is 14.5 Å². The first kappa shape index (κ1) is 29.9. The van der Waals surface area contributed by atoms with E-state index in [2.05, 4.69) is 28.0 Å². The van der Waals surface area contributed by atoms with E-state index in [1.807, 2.05) is 41.1 Å². The van der Waals surface area contributed by atoms with Crippen molar-refractivity contribution in [3.63, 3.8) is 0 Å². The summed E-state index contributed by atoms with van der Waals surface area (Å²) in [4.78, 5) is 34.9. The molecule has 40 heavy (non-hydrogen) atoms.